The minimum Gasteiger partial charge on any atom is -0.497 e. The number of ether oxygens (including phenoxy) is 1. The maximum Gasteiger partial charge on any atom is 0.126 e. The van der Waals surface area contributed by atoms with Crippen LogP contribution in [0.5, 0.6) is 5.75 Å². The van der Waals surface area contributed by atoms with E-state index in [0.29, 0.717) is 11.3 Å². The molecular weight excluding hydrogens is 210 g/mol. The van der Waals surface area contributed by atoms with E-state index in [2.05, 4.69) is 0 Å². The van der Waals surface area contributed by atoms with Gasteiger partial charge in [-0.3, -0.25) is 0 Å². The lowest BCUT2D eigenvalue weighted by atomic mass is 10.1. The summed E-state index contributed by atoms with van der Waals surface area (Å²) in [6.07, 6.45) is 0. The number of halogens is 2. The monoisotopic (exact) mass is 220 g/mol. The molecule has 2 aromatic carbocycles. The Hall–Kier alpha value is -1.90. The van der Waals surface area contributed by atoms with Gasteiger partial charge in [-0.1, -0.05) is 12.1 Å². The molecule has 0 heterocycles. The molecule has 0 saturated heterocycles. The average molecular weight is 220 g/mol. The summed E-state index contributed by atoms with van der Waals surface area (Å²) in [4.78, 5) is 0. The van der Waals surface area contributed by atoms with Crippen LogP contribution in [0, 0.1) is 11.6 Å². The highest BCUT2D eigenvalue weighted by molar-refractivity contribution is 5.65. The van der Waals surface area contributed by atoms with E-state index >= 15 is 0 Å². The van der Waals surface area contributed by atoms with Crippen molar-refractivity contribution < 1.29 is 13.5 Å². The molecule has 0 aliphatic rings. The number of methoxy groups -OCH3 is 1. The molecule has 0 radical (unpaired) electrons. The maximum absolute atomic E-state index is 13.0. The summed E-state index contributed by atoms with van der Waals surface area (Å²) < 4.78 is 31.1. The van der Waals surface area contributed by atoms with Crippen LogP contribution < -0.4 is 4.74 Å². The summed E-state index contributed by atoms with van der Waals surface area (Å²) >= 11 is 0. The van der Waals surface area contributed by atoms with Crippen molar-refractivity contribution in [3.63, 3.8) is 0 Å². The van der Waals surface area contributed by atoms with Gasteiger partial charge in [0.05, 0.1) is 7.11 Å². The van der Waals surface area contributed by atoms with Crippen LogP contribution in [0.15, 0.2) is 42.5 Å². The average Bonchev–Trinajstić information content (AvgIpc) is 2.28. The van der Waals surface area contributed by atoms with Crippen LogP contribution in [0.25, 0.3) is 11.1 Å². The highest BCUT2D eigenvalue weighted by Gasteiger charge is 2.03. The Morgan fingerprint density at radius 1 is 0.875 bits per heavy atom. The smallest absolute Gasteiger partial charge is 0.126 e. The van der Waals surface area contributed by atoms with E-state index in [9.17, 15) is 8.78 Å². The van der Waals surface area contributed by atoms with Gasteiger partial charge in [0.1, 0.15) is 17.4 Å². The minimum absolute atomic E-state index is 0.497. The Morgan fingerprint density at radius 3 is 2.19 bits per heavy atom. The molecule has 16 heavy (non-hydrogen) atoms. The number of benzene rings is 2. The van der Waals surface area contributed by atoms with E-state index in [-0.39, 0.29) is 0 Å². The lowest BCUT2D eigenvalue weighted by Gasteiger charge is -2.05. The molecule has 0 fully saturated rings. The van der Waals surface area contributed by atoms with E-state index < -0.39 is 11.6 Å². The van der Waals surface area contributed by atoms with Crippen molar-refractivity contribution in [2.75, 3.05) is 7.11 Å². The number of rotatable bonds is 2. The molecule has 0 N–H and O–H groups in total. The van der Waals surface area contributed by atoms with Gasteiger partial charge in [0.15, 0.2) is 0 Å². The highest BCUT2D eigenvalue weighted by Crippen LogP contribution is 2.25. The fourth-order valence-corrected chi connectivity index (χ4v) is 1.52. The van der Waals surface area contributed by atoms with E-state index in [1.54, 1.807) is 31.4 Å². The Labute approximate surface area is 92.3 Å². The van der Waals surface area contributed by atoms with Crippen LogP contribution in [0.1, 0.15) is 0 Å². The molecule has 2 rings (SSSR count). The maximum atomic E-state index is 13.0. The van der Waals surface area contributed by atoms with Gasteiger partial charge in [0.25, 0.3) is 0 Å². The van der Waals surface area contributed by atoms with E-state index in [1.807, 2.05) is 0 Å². The Balaban J connectivity index is 2.49. The van der Waals surface area contributed by atoms with Gasteiger partial charge in [-0.25, -0.2) is 8.78 Å². The van der Waals surface area contributed by atoms with Crippen molar-refractivity contribution >= 4 is 0 Å². The lowest BCUT2D eigenvalue weighted by Crippen LogP contribution is -1.86. The van der Waals surface area contributed by atoms with Crippen LogP contribution in [0.3, 0.4) is 0 Å². The molecule has 0 aliphatic heterocycles. The second-order valence-corrected chi connectivity index (χ2v) is 3.39. The normalized spacial score (nSPS) is 10.2. The summed E-state index contributed by atoms with van der Waals surface area (Å²) in [6.45, 7) is 0. The predicted molar refractivity (Wildman–Crippen MR) is 58.3 cm³/mol. The van der Waals surface area contributed by atoms with Crippen molar-refractivity contribution in [2.24, 2.45) is 0 Å². The molecule has 0 amide bonds. The molecule has 0 unspecified atom stereocenters. The van der Waals surface area contributed by atoms with E-state index in [1.165, 1.54) is 12.1 Å². The molecular formula is C13H10F2O. The highest BCUT2D eigenvalue weighted by atomic mass is 19.1. The van der Waals surface area contributed by atoms with Crippen molar-refractivity contribution in [1.82, 2.24) is 0 Å². The molecule has 0 bridgehead atoms. The zero-order valence-electron chi connectivity index (χ0n) is 8.71. The third-order valence-corrected chi connectivity index (χ3v) is 2.27. The first-order chi connectivity index (χ1) is 7.69. The van der Waals surface area contributed by atoms with Gasteiger partial charge in [0, 0.05) is 6.07 Å². The molecule has 0 atom stereocenters. The Morgan fingerprint density at radius 2 is 1.56 bits per heavy atom. The van der Waals surface area contributed by atoms with E-state index in [0.717, 1.165) is 11.6 Å². The first kappa shape index (κ1) is 10.6. The van der Waals surface area contributed by atoms with Gasteiger partial charge in [0.2, 0.25) is 0 Å². The van der Waals surface area contributed by atoms with Crippen LogP contribution in [-0.2, 0) is 0 Å². The lowest BCUT2D eigenvalue weighted by molar-refractivity contribution is 0.415. The van der Waals surface area contributed by atoms with Gasteiger partial charge in [-0.05, 0) is 35.4 Å². The van der Waals surface area contributed by atoms with Crippen molar-refractivity contribution in [2.45, 2.75) is 0 Å². The van der Waals surface area contributed by atoms with Gasteiger partial charge < -0.3 is 4.74 Å². The minimum atomic E-state index is -0.585. The third kappa shape index (κ3) is 2.19. The molecule has 0 spiro atoms. The molecule has 0 saturated carbocycles. The molecule has 82 valence electrons. The quantitative estimate of drug-likeness (QED) is 0.750. The summed E-state index contributed by atoms with van der Waals surface area (Å²) in [5.41, 5.74) is 1.22. The first-order valence-electron chi connectivity index (χ1n) is 4.79. The van der Waals surface area contributed by atoms with Crippen LogP contribution >= 0.6 is 0 Å². The zero-order valence-corrected chi connectivity index (χ0v) is 8.71. The summed E-state index contributed by atoms with van der Waals surface area (Å²) in [6, 6.07) is 10.5. The summed E-state index contributed by atoms with van der Waals surface area (Å²) in [7, 11) is 1.55. The van der Waals surface area contributed by atoms with Crippen molar-refractivity contribution in [1.29, 1.82) is 0 Å². The van der Waals surface area contributed by atoms with Gasteiger partial charge in [-0.2, -0.15) is 0 Å². The fraction of sp³-hybridized carbons (Fsp3) is 0.0769. The predicted octanol–water partition coefficient (Wildman–Crippen LogP) is 3.64. The Kier molecular flexibility index (Phi) is 2.86. The second kappa shape index (κ2) is 4.31. The third-order valence-electron chi connectivity index (χ3n) is 2.27. The number of hydrogen-bond donors (Lipinski definition) is 0. The van der Waals surface area contributed by atoms with Crippen LogP contribution in [-0.4, -0.2) is 7.11 Å². The fourth-order valence-electron chi connectivity index (χ4n) is 1.52. The SMILES string of the molecule is COc1cccc(-c2cc(F)cc(F)c2)c1. The molecule has 2 aromatic rings. The second-order valence-electron chi connectivity index (χ2n) is 3.39. The summed E-state index contributed by atoms with van der Waals surface area (Å²) in [5.74, 6) is -0.516. The Bertz CT molecular complexity index is 489. The van der Waals surface area contributed by atoms with Crippen molar-refractivity contribution in [3.05, 3.63) is 54.1 Å². The van der Waals surface area contributed by atoms with E-state index in [4.69, 9.17) is 4.74 Å². The molecule has 0 aromatic heterocycles. The van der Waals surface area contributed by atoms with Gasteiger partial charge >= 0.3 is 0 Å². The summed E-state index contributed by atoms with van der Waals surface area (Å²) in [5, 5.41) is 0. The van der Waals surface area contributed by atoms with Crippen molar-refractivity contribution in [3.8, 4) is 16.9 Å². The molecule has 3 heteroatoms. The molecule has 0 aliphatic carbocycles. The zero-order chi connectivity index (χ0) is 11.5. The number of hydrogen-bond acceptors (Lipinski definition) is 1. The standard InChI is InChI=1S/C13H10F2O/c1-16-13-4-2-3-9(7-13)10-5-11(14)8-12(15)6-10/h2-8H,1H3. The van der Waals surface area contributed by atoms with Crippen LogP contribution in [0.4, 0.5) is 8.78 Å². The van der Waals surface area contributed by atoms with Gasteiger partial charge in [-0.15, -0.1) is 0 Å². The first-order valence-corrected chi connectivity index (χ1v) is 4.79. The largest absolute Gasteiger partial charge is 0.497 e. The van der Waals surface area contributed by atoms with Crippen LogP contribution in [0.2, 0.25) is 0 Å². The topological polar surface area (TPSA) is 9.23 Å². The molecule has 1 nitrogen and oxygen atoms in total.